The van der Waals surface area contributed by atoms with E-state index in [-0.39, 0.29) is 18.9 Å². The Morgan fingerprint density at radius 1 is 1.31 bits per heavy atom. The molecule has 0 N–H and O–H groups in total. The first kappa shape index (κ1) is 16.5. The Balaban J connectivity index is 0. The number of carbonyl (C=O) groups excluding carboxylic acids is 3. The fourth-order valence-electron chi connectivity index (χ4n) is 0.410. The van der Waals surface area contributed by atoms with E-state index in [2.05, 4.69) is 22.0 Å². The third kappa shape index (κ3) is 14.6. The van der Waals surface area contributed by atoms with Crippen LogP contribution in [0.5, 0.6) is 0 Å². The SMILES string of the molecule is C=C=C(C)C(=O)OCCN=C=O.CC(C)=O. The molecule has 0 bridgehead atoms. The molecule has 16 heavy (non-hydrogen) atoms. The van der Waals surface area contributed by atoms with Gasteiger partial charge in [-0.05, 0) is 20.8 Å². The van der Waals surface area contributed by atoms with E-state index >= 15 is 0 Å². The molecule has 88 valence electrons. The summed E-state index contributed by atoms with van der Waals surface area (Å²) < 4.78 is 4.65. The summed E-state index contributed by atoms with van der Waals surface area (Å²) in [5.74, 6) is -0.328. The Labute approximate surface area is 94.5 Å². The summed E-state index contributed by atoms with van der Waals surface area (Å²) in [4.78, 5) is 33.1. The van der Waals surface area contributed by atoms with Gasteiger partial charge in [-0.1, -0.05) is 6.58 Å². The predicted molar refractivity (Wildman–Crippen MR) is 58.6 cm³/mol. The number of ketones is 1. The van der Waals surface area contributed by atoms with Gasteiger partial charge in [-0.3, -0.25) is 0 Å². The first-order chi connectivity index (χ1) is 7.45. The molecule has 5 heteroatoms. The molecule has 0 spiro atoms. The lowest BCUT2D eigenvalue weighted by Crippen LogP contribution is -2.08. The van der Waals surface area contributed by atoms with Gasteiger partial charge in [-0.15, -0.1) is 5.73 Å². The Kier molecular flexibility index (Phi) is 11.4. The lowest BCUT2D eigenvalue weighted by Gasteiger charge is -1.99. The zero-order valence-electron chi connectivity index (χ0n) is 9.70. The van der Waals surface area contributed by atoms with E-state index in [1.54, 1.807) is 6.92 Å². The summed E-state index contributed by atoms with van der Waals surface area (Å²) in [5.41, 5.74) is 2.70. The topological polar surface area (TPSA) is 72.8 Å². The Morgan fingerprint density at radius 2 is 1.81 bits per heavy atom. The normalized spacial score (nSPS) is 7.44. The second-order valence-electron chi connectivity index (χ2n) is 2.82. The number of nitrogens with zero attached hydrogens (tertiary/aromatic N) is 1. The molecule has 0 aliphatic rings. The van der Waals surface area contributed by atoms with Crippen LogP contribution in [-0.2, 0) is 19.1 Å². The van der Waals surface area contributed by atoms with Crippen LogP contribution in [0.4, 0.5) is 0 Å². The fraction of sp³-hybridized carbons (Fsp3) is 0.455. The highest BCUT2D eigenvalue weighted by atomic mass is 16.5. The predicted octanol–water partition coefficient (Wildman–Crippen LogP) is 1.19. The van der Waals surface area contributed by atoms with Crippen molar-refractivity contribution in [3.63, 3.8) is 0 Å². The molecular formula is C11H15NO4. The summed E-state index contributed by atoms with van der Waals surface area (Å²) in [6.07, 6.45) is 1.33. The quantitative estimate of drug-likeness (QED) is 0.180. The summed E-state index contributed by atoms with van der Waals surface area (Å²) in [6, 6.07) is 0. The van der Waals surface area contributed by atoms with E-state index in [0.29, 0.717) is 5.57 Å². The van der Waals surface area contributed by atoms with Gasteiger partial charge in [0.05, 0.1) is 12.1 Å². The maximum Gasteiger partial charge on any atom is 0.341 e. The van der Waals surface area contributed by atoms with Crippen LogP contribution in [0.25, 0.3) is 0 Å². The molecule has 0 aliphatic carbocycles. The highest BCUT2D eigenvalue weighted by Crippen LogP contribution is 1.92. The van der Waals surface area contributed by atoms with Crippen LogP contribution >= 0.6 is 0 Å². The van der Waals surface area contributed by atoms with Crippen molar-refractivity contribution in [3.8, 4) is 0 Å². The van der Waals surface area contributed by atoms with Crippen molar-refractivity contribution in [1.29, 1.82) is 0 Å². The molecule has 5 nitrogen and oxygen atoms in total. The third-order valence-electron chi connectivity index (χ3n) is 1.07. The molecule has 0 aliphatic heterocycles. The minimum atomic E-state index is -0.494. The maximum absolute atomic E-state index is 10.8. The van der Waals surface area contributed by atoms with E-state index in [1.807, 2.05) is 0 Å². The number of ether oxygens (including phenoxy) is 1. The first-order valence-corrected chi connectivity index (χ1v) is 4.50. The Hall–Kier alpha value is -1.96. The second kappa shape index (κ2) is 11.1. The van der Waals surface area contributed by atoms with Crippen LogP contribution in [0, 0.1) is 0 Å². The highest BCUT2D eigenvalue weighted by Gasteiger charge is 2.02. The number of hydrogen-bond donors (Lipinski definition) is 0. The van der Waals surface area contributed by atoms with Crippen molar-refractivity contribution in [1.82, 2.24) is 0 Å². The smallest absolute Gasteiger partial charge is 0.341 e. The van der Waals surface area contributed by atoms with Gasteiger partial charge < -0.3 is 9.53 Å². The van der Waals surface area contributed by atoms with Gasteiger partial charge in [0.25, 0.3) is 0 Å². The van der Waals surface area contributed by atoms with Gasteiger partial charge in [0.15, 0.2) is 0 Å². The van der Waals surface area contributed by atoms with E-state index in [1.165, 1.54) is 19.9 Å². The van der Waals surface area contributed by atoms with Crippen LogP contribution in [0.15, 0.2) is 22.9 Å². The van der Waals surface area contributed by atoms with Gasteiger partial charge in [-0.2, -0.15) is 0 Å². The standard InChI is InChI=1S/C8H9NO3.C3H6O/c1-3-7(2)8(11)12-5-4-9-6-10;1-3(2)4/h1,4-5H2,2H3;1-2H3. The molecule has 0 aromatic carbocycles. The number of esters is 1. The Bertz CT molecular complexity index is 330. The molecule has 0 fully saturated rings. The molecular weight excluding hydrogens is 210 g/mol. The lowest BCUT2D eigenvalue weighted by atomic mass is 10.3. The second-order valence-corrected chi connectivity index (χ2v) is 2.82. The van der Waals surface area contributed by atoms with Crippen LogP contribution in [-0.4, -0.2) is 31.0 Å². The van der Waals surface area contributed by atoms with Gasteiger partial charge in [-0.25, -0.2) is 14.6 Å². The minimum absolute atomic E-state index is 0.0765. The summed E-state index contributed by atoms with van der Waals surface area (Å²) in [6.45, 7) is 8.09. The van der Waals surface area contributed by atoms with Crippen molar-refractivity contribution in [2.75, 3.05) is 13.2 Å². The number of hydrogen-bond acceptors (Lipinski definition) is 5. The zero-order chi connectivity index (χ0) is 13.0. The fourth-order valence-corrected chi connectivity index (χ4v) is 0.410. The molecule has 0 aromatic rings. The van der Waals surface area contributed by atoms with Crippen molar-refractivity contribution in [3.05, 3.63) is 17.9 Å². The molecule has 0 saturated heterocycles. The van der Waals surface area contributed by atoms with Crippen molar-refractivity contribution in [2.24, 2.45) is 4.99 Å². The minimum Gasteiger partial charge on any atom is -0.460 e. The zero-order valence-corrected chi connectivity index (χ0v) is 9.70. The Morgan fingerprint density at radius 3 is 2.19 bits per heavy atom. The molecule has 0 saturated carbocycles. The molecule has 0 heterocycles. The van der Waals surface area contributed by atoms with E-state index < -0.39 is 5.97 Å². The van der Waals surface area contributed by atoms with Crippen LogP contribution in [0.2, 0.25) is 0 Å². The van der Waals surface area contributed by atoms with Crippen molar-refractivity contribution in [2.45, 2.75) is 20.8 Å². The number of Topliss-reactive ketones (excluding diaryl/α,β-unsaturated/α-hetero) is 1. The summed E-state index contributed by atoms with van der Waals surface area (Å²) in [5, 5.41) is 0. The number of rotatable bonds is 4. The lowest BCUT2D eigenvalue weighted by molar-refractivity contribution is -0.138. The molecule has 0 rings (SSSR count). The first-order valence-electron chi connectivity index (χ1n) is 4.50. The van der Waals surface area contributed by atoms with E-state index in [4.69, 9.17) is 0 Å². The average Bonchev–Trinajstić information content (AvgIpc) is 2.22. The van der Waals surface area contributed by atoms with Crippen molar-refractivity contribution >= 4 is 17.8 Å². The average molecular weight is 225 g/mol. The van der Waals surface area contributed by atoms with Crippen molar-refractivity contribution < 1.29 is 19.1 Å². The van der Waals surface area contributed by atoms with Crippen LogP contribution in [0.3, 0.4) is 0 Å². The summed E-state index contributed by atoms with van der Waals surface area (Å²) in [7, 11) is 0. The van der Waals surface area contributed by atoms with Gasteiger partial charge in [0.1, 0.15) is 12.4 Å². The monoisotopic (exact) mass is 225 g/mol. The number of aliphatic imine (C=N–C) groups is 1. The number of isocyanates is 1. The number of carbonyl (C=O) groups is 2. The maximum atomic E-state index is 10.8. The highest BCUT2D eigenvalue weighted by molar-refractivity contribution is 5.87. The van der Waals surface area contributed by atoms with E-state index in [0.717, 1.165) is 0 Å². The molecule has 0 amide bonds. The van der Waals surface area contributed by atoms with Gasteiger partial charge in [0, 0.05) is 0 Å². The summed E-state index contributed by atoms with van der Waals surface area (Å²) >= 11 is 0. The third-order valence-corrected chi connectivity index (χ3v) is 1.07. The largest absolute Gasteiger partial charge is 0.460 e. The van der Waals surface area contributed by atoms with Gasteiger partial charge in [0.2, 0.25) is 6.08 Å². The van der Waals surface area contributed by atoms with E-state index in [9.17, 15) is 14.4 Å². The molecule has 0 unspecified atom stereocenters. The molecule has 0 aromatic heterocycles. The van der Waals surface area contributed by atoms with Crippen LogP contribution in [0.1, 0.15) is 20.8 Å². The molecule has 0 atom stereocenters. The molecule has 0 radical (unpaired) electrons. The van der Waals surface area contributed by atoms with Crippen LogP contribution < -0.4 is 0 Å². The van der Waals surface area contributed by atoms with Gasteiger partial charge >= 0.3 is 5.97 Å².